The van der Waals surface area contributed by atoms with Gasteiger partial charge in [-0.3, -0.25) is 4.21 Å². The second kappa shape index (κ2) is 6.07. The second-order valence-electron chi connectivity index (χ2n) is 3.82. The Morgan fingerprint density at radius 1 is 1.67 bits per heavy atom. The molecule has 5 nitrogen and oxygen atoms in total. The molecule has 0 aromatic carbocycles. The lowest BCUT2D eigenvalue weighted by Gasteiger charge is -2.15. The summed E-state index contributed by atoms with van der Waals surface area (Å²) in [5.74, 6) is 0.481. The Kier molecular flexibility index (Phi) is 5.04. The van der Waals surface area contributed by atoms with Gasteiger partial charge in [-0.15, -0.1) is 0 Å². The maximum absolute atomic E-state index is 11.4. The fraction of sp³-hybridized carbons (Fsp3) is 0.889. The van der Waals surface area contributed by atoms with Crippen LogP contribution in [0, 0.1) is 0 Å². The summed E-state index contributed by atoms with van der Waals surface area (Å²) in [7, 11) is -0.883. The lowest BCUT2D eigenvalue weighted by Crippen LogP contribution is -2.47. The van der Waals surface area contributed by atoms with Crippen molar-refractivity contribution in [3.8, 4) is 0 Å². The molecule has 1 rings (SSSR count). The van der Waals surface area contributed by atoms with Crippen LogP contribution in [-0.4, -0.2) is 47.5 Å². The summed E-state index contributed by atoms with van der Waals surface area (Å²) >= 11 is 0. The first-order chi connectivity index (χ1) is 7.08. The first-order valence-corrected chi connectivity index (χ1v) is 6.75. The third-order valence-electron chi connectivity index (χ3n) is 2.13. The van der Waals surface area contributed by atoms with Gasteiger partial charge in [-0.2, -0.15) is 0 Å². The van der Waals surface area contributed by atoms with Crippen molar-refractivity contribution in [3.05, 3.63) is 0 Å². The molecule has 1 fully saturated rings. The minimum Gasteiger partial charge on any atom is -0.379 e. The van der Waals surface area contributed by atoms with Crippen molar-refractivity contribution in [2.24, 2.45) is 0 Å². The van der Waals surface area contributed by atoms with Crippen LogP contribution in [0.2, 0.25) is 0 Å². The average molecular weight is 234 g/mol. The van der Waals surface area contributed by atoms with Gasteiger partial charge in [-0.1, -0.05) is 0 Å². The monoisotopic (exact) mass is 234 g/mol. The molecule has 88 valence electrons. The van der Waals surface area contributed by atoms with Crippen molar-refractivity contribution in [1.29, 1.82) is 0 Å². The highest BCUT2D eigenvalue weighted by Crippen LogP contribution is 2.02. The van der Waals surface area contributed by atoms with Gasteiger partial charge in [0.15, 0.2) is 0 Å². The topological polar surface area (TPSA) is 67.4 Å². The Hall–Kier alpha value is -0.620. The first-order valence-electron chi connectivity index (χ1n) is 5.02. The smallest absolute Gasteiger partial charge is 0.315 e. The number of amides is 2. The second-order valence-corrected chi connectivity index (χ2v) is 5.30. The van der Waals surface area contributed by atoms with Crippen molar-refractivity contribution in [1.82, 2.24) is 10.6 Å². The van der Waals surface area contributed by atoms with Crippen LogP contribution in [0.5, 0.6) is 0 Å². The molecule has 0 aromatic heterocycles. The van der Waals surface area contributed by atoms with Crippen LogP contribution in [0.1, 0.15) is 13.3 Å². The third-order valence-corrected chi connectivity index (χ3v) is 3.10. The summed E-state index contributed by atoms with van der Waals surface area (Å²) in [4.78, 5) is 11.4. The number of carbonyl (C=O) groups excluding carboxylic acids is 1. The minimum atomic E-state index is -0.883. The number of hydrogen-bond donors (Lipinski definition) is 2. The van der Waals surface area contributed by atoms with Crippen molar-refractivity contribution >= 4 is 16.8 Å². The van der Waals surface area contributed by atoms with E-state index in [1.54, 1.807) is 6.26 Å². The van der Waals surface area contributed by atoms with E-state index in [1.807, 2.05) is 6.92 Å². The third kappa shape index (κ3) is 5.13. The zero-order valence-corrected chi connectivity index (χ0v) is 9.93. The Morgan fingerprint density at radius 3 is 2.93 bits per heavy atom. The fourth-order valence-corrected chi connectivity index (χ4v) is 2.28. The standard InChI is InChI=1S/C9H18N2O3S/c1-7(6-15(2)13)10-9(12)11-8-3-4-14-5-8/h7-8H,3-6H2,1-2H3,(H2,10,11,12). The molecule has 15 heavy (non-hydrogen) atoms. The van der Waals surface area contributed by atoms with Gasteiger partial charge in [-0.05, 0) is 13.3 Å². The molecule has 3 atom stereocenters. The van der Waals surface area contributed by atoms with Crippen LogP contribution >= 0.6 is 0 Å². The first kappa shape index (κ1) is 12.4. The molecule has 6 heteroatoms. The summed E-state index contributed by atoms with van der Waals surface area (Å²) in [6.07, 6.45) is 2.49. The maximum atomic E-state index is 11.4. The molecule has 0 aromatic rings. The summed E-state index contributed by atoms with van der Waals surface area (Å²) in [5, 5.41) is 5.55. The number of hydrogen-bond acceptors (Lipinski definition) is 3. The number of nitrogens with one attached hydrogen (secondary N) is 2. The minimum absolute atomic E-state index is 0.0712. The van der Waals surface area contributed by atoms with Gasteiger partial charge in [-0.25, -0.2) is 4.79 Å². The van der Waals surface area contributed by atoms with Crippen molar-refractivity contribution in [3.63, 3.8) is 0 Å². The van der Waals surface area contributed by atoms with Crippen LogP contribution in [0.15, 0.2) is 0 Å². The molecule has 1 aliphatic heterocycles. The van der Waals surface area contributed by atoms with Gasteiger partial charge in [0.1, 0.15) is 0 Å². The summed E-state index contributed by atoms with van der Waals surface area (Å²) in [5.41, 5.74) is 0. The van der Waals surface area contributed by atoms with E-state index in [0.717, 1.165) is 6.42 Å². The van der Waals surface area contributed by atoms with Crippen molar-refractivity contribution in [2.75, 3.05) is 25.2 Å². The molecule has 0 spiro atoms. The molecule has 0 radical (unpaired) electrons. The molecule has 2 amide bonds. The summed E-state index contributed by atoms with van der Waals surface area (Å²) in [6.45, 7) is 3.13. The van der Waals surface area contributed by atoms with Gasteiger partial charge in [0, 0.05) is 35.5 Å². The summed E-state index contributed by atoms with van der Waals surface area (Å²) in [6, 6.07) is -0.161. The zero-order valence-electron chi connectivity index (χ0n) is 9.12. The molecule has 0 aliphatic carbocycles. The molecule has 3 unspecified atom stereocenters. The van der Waals surface area contributed by atoms with E-state index >= 15 is 0 Å². The largest absolute Gasteiger partial charge is 0.379 e. The van der Waals surface area contributed by atoms with Crippen LogP contribution in [0.25, 0.3) is 0 Å². The Morgan fingerprint density at radius 2 is 2.40 bits per heavy atom. The van der Waals surface area contributed by atoms with Gasteiger partial charge in [0.2, 0.25) is 0 Å². The van der Waals surface area contributed by atoms with Crippen LogP contribution in [-0.2, 0) is 15.5 Å². The van der Waals surface area contributed by atoms with Gasteiger partial charge in [0.05, 0.1) is 12.6 Å². The molecule has 1 heterocycles. The normalized spacial score (nSPS) is 24.5. The highest BCUT2D eigenvalue weighted by Gasteiger charge is 2.18. The molecule has 1 aliphatic rings. The Balaban J connectivity index is 2.19. The lowest BCUT2D eigenvalue weighted by molar-refractivity contribution is 0.188. The van der Waals surface area contributed by atoms with E-state index in [9.17, 15) is 9.00 Å². The van der Waals surface area contributed by atoms with Crippen LogP contribution in [0.3, 0.4) is 0 Å². The molecule has 0 bridgehead atoms. The highest BCUT2D eigenvalue weighted by atomic mass is 32.2. The van der Waals surface area contributed by atoms with Crippen LogP contribution < -0.4 is 10.6 Å². The predicted molar refractivity (Wildman–Crippen MR) is 59.3 cm³/mol. The van der Waals surface area contributed by atoms with Gasteiger partial charge < -0.3 is 15.4 Å². The van der Waals surface area contributed by atoms with E-state index in [1.165, 1.54) is 0 Å². The quantitative estimate of drug-likeness (QED) is 0.710. The predicted octanol–water partition coefficient (Wildman–Crippen LogP) is -0.158. The molecule has 1 saturated heterocycles. The SMILES string of the molecule is CC(CS(C)=O)NC(=O)NC1CCOC1. The summed E-state index contributed by atoms with van der Waals surface area (Å²) < 4.78 is 16.0. The number of rotatable bonds is 4. The van der Waals surface area contributed by atoms with E-state index in [0.29, 0.717) is 19.0 Å². The number of ether oxygens (including phenoxy) is 1. The van der Waals surface area contributed by atoms with Crippen molar-refractivity contribution in [2.45, 2.75) is 25.4 Å². The Labute approximate surface area is 92.4 Å². The number of urea groups is 1. The van der Waals surface area contributed by atoms with E-state index in [4.69, 9.17) is 4.74 Å². The van der Waals surface area contributed by atoms with Gasteiger partial charge in [0.25, 0.3) is 0 Å². The average Bonchev–Trinajstić information content (AvgIpc) is 2.53. The zero-order chi connectivity index (χ0) is 11.3. The van der Waals surface area contributed by atoms with Crippen molar-refractivity contribution < 1.29 is 13.7 Å². The van der Waals surface area contributed by atoms with Gasteiger partial charge >= 0.3 is 6.03 Å². The number of carbonyl (C=O) groups is 1. The molecular formula is C9H18N2O3S. The van der Waals surface area contributed by atoms with E-state index in [2.05, 4.69) is 10.6 Å². The lowest BCUT2D eigenvalue weighted by atomic mass is 10.3. The van der Waals surface area contributed by atoms with E-state index < -0.39 is 10.8 Å². The van der Waals surface area contributed by atoms with E-state index in [-0.39, 0.29) is 18.1 Å². The maximum Gasteiger partial charge on any atom is 0.315 e. The Bertz CT molecular complexity index is 242. The fourth-order valence-electron chi connectivity index (χ4n) is 1.49. The molecular weight excluding hydrogens is 216 g/mol. The van der Waals surface area contributed by atoms with Crippen LogP contribution in [0.4, 0.5) is 4.79 Å². The molecule has 0 saturated carbocycles. The molecule has 2 N–H and O–H groups in total. The highest BCUT2D eigenvalue weighted by molar-refractivity contribution is 7.84.